The lowest BCUT2D eigenvalue weighted by Crippen LogP contribution is -2.58. The minimum absolute atomic E-state index is 0.00190. The van der Waals surface area contributed by atoms with Crippen molar-refractivity contribution in [3.63, 3.8) is 0 Å². The van der Waals surface area contributed by atoms with Gasteiger partial charge in [0.25, 0.3) is 0 Å². The van der Waals surface area contributed by atoms with Crippen molar-refractivity contribution in [3.05, 3.63) is 35.9 Å². The number of carbonyl (C=O) groups is 8. The number of esters is 4. The molecule has 578 valence electrons. The second kappa shape index (κ2) is 50.1. The first-order chi connectivity index (χ1) is 48.4. The number of unbranched alkanes of at least 4 members (excludes halogenated alkanes) is 9. The van der Waals surface area contributed by atoms with E-state index >= 15 is 0 Å². The second-order valence-electron chi connectivity index (χ2n) is 28.4. The summed E-state index contributed by atoms with van der Waals surface area (Å²) >= 11 is 0. The topological polar surface area (TPSA) is 305 Å². The van der Waals surface area contributed by atoms with Crippen LogP contribution in [0.4, 0.5) is 0 Å². The highest BCUT2D eigenvalue weighted by Gasteiger charge is 2.43. The van der Waals surface area contributed by atoms with Crippen molar-refractivity contribution in [2.45, 2.75) is 248 Å². The van der Waals surface area contributed by atoms with Crippen LogP contribution in [0.25, 0.3) is 0 Å². The molecule has 0 radical (unpaired) electrons. The van der Waals surface area contributed by atoms with Crippen molar-refractivity contribution in [1.29, 1.82) is 0 Å². The molecule has 0 bridgehead atoms. The van der Waals surface area contributed by atoms with Gasteiger partial charge in [0, 0.05) is 110 Å². The summed E-state index contributed by atoms with van der Waals surface area (Å²) in [6.07, 6.45) is 8.41. The van der Waals surface area contributed by atoms with Gasteiger partial charge in [-0.2, -0.15) is 0 Å². The third kappa shape index (κ3) is 35.8. The summed E-state index contributed by atoms with van der Waals surface area (Å²) in [6, 6.07) is 9.30. The molecule has 4 amide bonds. The maximum Gasteiger partial charge on any atom is 0.306 e. The van der Waals surface area contributed by atoms with Gasteiger partial charge in [0.15, 0.2) is 18.9 Å². The second-order valence-corrected chi connectivity index (χ2v) is 28.4. The third-order valence-electron chi connectivity index (χ3n) is 20.3. The predicted molar refractivity (Wildman–Crippen MR) is 378 cm³/mol. The average Bonchev–Trinajstić information content (AvgIpc) is 0.824. The first-order valence-corrected chi connectivity index (χ1v) is 37.6. The summed E-state index contributed by atoms with van der Waals surface area (Å²) in [5.41, 5.74) is -0.507. The molecule has 3 fully saturated rings. The standard InChI is InChI=1S/C76H128N4O21/c1-52-55(4)65(46-95-61(10)81)99-73(58(52)7)92-39-25-16-13-22-36-77-68(84)33-42-89-49-76(80-71(87)31-28-32-72(88)98-45-64-29-20-19-21-30-64,50-90-43-34-69(85)78-37-23-14-17-26-40-93-74-59(8)53(2)56(5)66(100-74)47-96-62(11)82)51-91-44-35-70(86)79-38-24-15-18-27-41-94-75-60(9)54(3)57(6)67(101-75)48-97-63(12)83/h19-21,29-30,52-60,65-67,73-75H,13-18,22-28,31-51H2,1-12H3,(H,77,84)(H,78,85)(H,79,86)(H,80,87)/t52?,53?,54?,55-,56-,57-,58+,59+,60+,65?,66?,67?,73-,74-,75-,76?/m1/s1. The van der Waals surface area contributed by atoms with Gasteiger partial charge in [-0.05, 0) is 86.0 Å². The van der Waals surface area contributed by atoms with E-state index in [-0.39, 0.29) is 213 Å². The zero-order valence-electron chi connectivity index (χ0n) is 63.2. The van der Waals surface area contributed by atoms with Gasteiger partial charge in [0.2, 0.25) is 23.6 Å². The van der Waals surface area contributed by atoms with Crippen LogP contribution in [-0.4, -0.2) is 189 Å². The Bertz CT molecular complexity index is 2320. The maximum absolute atomic E-state index is 13.9. The van der Waals surface area contributed by atoms with Gasteiger partial charge in [0.1, 0.15) is 32.0 Å². The van der Waals surface area contributed by atoms with E-state index in [0.29, 0.717) is 57.2 Å². The van der Waals surface area contributed by atoms with Gasteiger partial charge in [-0.1, -0.05) is 131 Å². The molecule has 0 saturated carbocycles. The van der Waals surface area contributed by atoms with E-state index in [9.17, 15) is 38.4 Å². The molecular formula is C76H128N4O21. The predicted octanol–water partition coefficient (Wildman–Crippen LogP) is 9.64. The first-order valence-electron chi connectivity index (χ1n) is 37.6. The lowest BCUT2D eigenvalue weighted by Gasteiger charge is -2.43. The Morgan fingerprint density at radius 2 is 0.703 bits per heavy atom. The van der Waals surface area contributed by atoms with Crippen molar-refractivity contribution in [3.8, 4) is 0 Å². The van der Waals surface area contributed by atoms with E-state index in [0.717, 1.165) is 82.6 Å². The van der Waals surface area contributed by atoms with Gasteiger partial charge in [0.05, 0.1) is 58.0 Å². The molecule has 3 saturated heterocycles. The Labute approximate surface area is 602 Å². The maximum atomic E-state index is 13.9. The van der Waals surface area contributed by atoms with Crippen molar-refractivity contribution in [2.75, 3.05) is 98.9 Å². The molecule has 0 aliphatic carbocycles. The Morgan fingerprint density at radius 1 is 0.366 bits per heavy atom. The highest BCUT2D eigenvalue weighted by atomic mass is 16.7. The normalized spacial score (nSPS) is 25.6. The van der Waals surface area contributed by atoms with Crippen LogP contribution in [0, 0.1) is 53.3 Å². The summed E-state index contributed by atoms with van der Waals surface area (Å²) in [6.45, 7) is 26.6. The van der Waals surface area contributed by atoms with Gasteiger partial charge in [-0.3, -0.25) is 38.4 Å². The summed E-state index contributed by atoms with van der Waals surface area (Å²) in [4.78, 5) is 100. The Kier molecular flexibility index (Phi) is 43.7. The highest BCUT2D eigenvalue weighted by Crippen LogP contribution is 2.38. The number of hydrogen-bond acceptors (Lipinski definition) is 21. The van der Waals surface area contributed by atoms with Crippen LogP contribution in [0.3, 0.4) is 0 Å². The van der Waals surface area contributed by atoms with Gasteiger partial charge in [-0.25, -0.2) is 0 Å². The van der Waals surface area contributed by atoms with Gasteiger partial charge >= 0.3 is 23.9 Å². The Morgan fingerprint density at radius 3 is 1.04 bits per heavy atom. The lowest BCUT2D eigenvalue weighted by atomic mass is 9.79. The Hall–Kier alpha value is -5.38. The molecule has 3 aliphatic heterocycles. The van der Waals surface area contributed by atoms with Gasteiger partial charge in [-0.15, -0.1) is 0 Å². The number of carbonyl (C=O) groups excluding carboxylic acids is 8. The smallest absolute Gasteiger partial charge is 0.306 e. The van der Waals surface area contributed by atoms with E-state index in [4.69, 9.17) is 61.6 Å². The molecule has 0 aromatic heterocycles. The minimum Gasteiger partial charge on any atom is -0.463 e. The van der Waals surface area contributed by atoms with E-state index in [1.807, 2.05) is 30.3 Å². The van der Waals surface area contributed by atoms with E-state index < -0.39 is 17.4 Å². The van der Waals surface area contributed by atoms with Crippen LogP contribution in [-0.2, 0) is 107 Å². The van der Waals surface area contributed by atoms with E-state index in [2.05, 4.69) is 83.6 Å². The van der Waals surface area contributed by atoms with Crippen LogP contribution in [0.5, 0.6) is 0 Å². The van der Waals surface area contributed by atoms with Crippen LogP contribution in [0.2, 0.25) is 0 Å². The summed E-state index contributed by atoms with van der Waals surface area (Å²) in [5.74, 6) is -0.363. The largest absolute Gasteiger partial charge is 0.463 e. The number of hydrogen-bond donors (Lipinski definition) is 4. The molecule has 1 aromatic carbocycles. The number of rotatable bonds is 52. The van der Waals surface area contributed by atoms with Crippen LogP contribution < -0.4 is 21.3 Å². The molecule has 6 unspecified atom stereocenters. The average molecular weight is 1430 g/mol. The van der Waals surface area contributed by atoms with Crippen LogP contribution in [0.15, 0.2) is 30.3 Å². The van der Waals surface area contributed by atoms with E-state index in [1.165, 1.54) is 20.8 Å². The zero-order chi connectivity index (χ0) is 74.0. The molecule has 15 atom stereocenters. The first kappa shape index (κ1) is 88.0. The lowest BCUT2D eigenvalue weighted by molar-refractivity contribution is -0.255. The van der Waals surface area contributed by atoms with Crippen molar-refractivity contribution >= 4 is 47.5 Å². The fourth-order valence-electron chi connectivity index (χ4n) is 12.6. The molecule has 101 heavy (non-hydrogen) atoms. The zero-order valence-corrected chi connectivity index (χ0v) is 63.2. The summed E-state index contributed by atoms with van der Waals surface area (Å²) in [5, 5.41) is 12.0. The quantitative estimate of drug-likeness (QED) is 0.0268. The van der Waals surface area contributed by atoms with Crippen LogP contribution in [0.1, 0.15) is 204 Å². The number of amides is 4. The Balaban J connectivity index is 1.28. The SMILES string of the molecule is CC(=O)OCC1O[C@@H](OCCCCCCNC(=O)CCOCC(COCCC(=O)NCCCCCCO[C@@H]2OC(COC(C)=O)[C@H](C)C(C)[C@@H]2C)(COCCC(=O)NCCCCCCO[C@@H]2OC(COC(C)=O)[C@H](C)C(C)[C@@H]2C)NC(=O)CCCC(=O)OCc2ccccc2)[C@@H](C)C(C)[C@H]1C. The molecule has 25 heteroatoms. The van der Waals surface area contributed by atoms with Crippen molar-refractivity contribution in [1.82, 2.24) is 21.3 Å². The molecule has 0 spiro atoms. The summed E-state index contributed by atoms with van der Waals surface area (Å²) in [7, 11) is 0. The summed E-state index contributed by atoms with van der Waals surface area (Å²) < 4.78 is 76.9. The van der Waals surface area contributed by atoms with Crippen molar-refractivity contribution in [2.24, 2.45) is 53.3 Å². The monoisotopic (exact) mass is 1430 g/mol. The number of benzene rings is 1. The van der Waals surface area contributed by atoms with Crippen LogP contribution >= 0.6 is 0 Å². The molecule has 3 heterocycles. The fourth-order valence-corrected chi connectivity index (χ4v) is 12.6. The molecule has 4 N–H and O–H groups in total. The minimum atomic E-state index is -1.35. The number of nitrogens with one attached hydrogen (secondary N) is 4. The number of ether oxygens (including phenoxy) is 13. The molecule has 25 nitrogen and oxygen atoms in total. The highest BCUT2D eigenvalue weighted by molar-refractivity contribution is 5.78. The molecule has 3 aliphatic rings. The third-order valence-corrected chi connectivity index (χ3v) is 20.3. The van der Waals surface area contributed by atoms with Gasteiger partial charge < -0.3 is 82.8 Å². The molecule has 1 aromatic rings. The fraction of sp³-hybridized carbons (Fsp3) is 0.816. The molecular weight excluding hydrogens is 1300 g/mol. The van der Waals surface area contributed by atoms with Crippen molar-refractivity contribution < 1.29 is 99.9 Å². The molecule has 4 rings (SSSR count). The van der Waals surface area contributed by atoms with E-state index in [1.54, 1.807) is 0 Å².